The number of amides is 1. The Morgan fingerprint density at radius 3 is 2.37 bits per heavy atom. The predicted molar refractivity (Wildman–Crippen MR) is 87.6 cm³/mol. The Kier molecular flexibility index (Phi) is 5.19. The molecule has 7 nitrogen and oxygen atoms in total. The molecule has 0 atom stereocenters. The molecule has 3 rings (SSSR count). The number of benzene rings is 1. The average molecular weight is 424 g/mol. The summed E-state index contributed by atoms with van der Waals surface area (Å²) in [7, 11) is -4.16. The number of hydrogen-bond acceptors (Lipinski definition) is 5. The summed E-state index contributed by atoms with van der Waals surface area (Å²) in [4.78, 5) is 13.1. The first kappa shape index (κ1) is 19.6. The molecule has 12 heteroatoms. The molecule has 27 heavy (non-hydrogen) atoms. The van der Waals surface area contributed by atoms with E-state index >= 15 is 0 Å². The van der Waals surface area contributed by atoms with Gasteiger partial charge in [-0.05, 0) is 18.2 Å². The van der Waals surface area contributed by atoms with Crippen LogP contribution >= 0.6 is 11.6 Å². The van der Waals surface area contributed by atoms with Gasteiger partial charge in [0, 0.05) is 32.2 Å². The Morgan fingerprint density at radius 1 is 1.15 bits per heavy atom. The fourth-order valence-corrected chi connectivity index (χ4v) is 4.32. The lowest BCUT2D eigenvalue weighted by Gasteiger charge is -2.33. The van der Waals surface area contributed by atoms with Gasteiger partial charge in [0.1, 0.15) is 6.26 Å². The molecular weight excluding hydrogens is 411 g/mol. The Morgan fingerprint density at radius 2 is 1.81 bits per heavy atom. The van der Waals surface area contributed by atoms with Gasteiger partial charge in [0.05, 0.1) is 15.5 Å². The zero-order valence-corrected chi connectivity index (χ0v) is 15.2. The minimum absolute atomic E-state index is 0.0596. The highest BCUT2D eigenvalue weighted by Gasteiger charge is 2.36. The number of nitrogens with zero attached hydrogens (tertiary/aromatic N) is 3. The van der Waals surface area contributed by atoms with Crippen LogP contribution in [0.5, 0.6) is 0 Å². The van der Waals surface area contributed by atoms with Crippen molar-refractivity contribution in [2.45, 2.75) is 11.1 Å². The van der Waals surface area contributed by atoms with E-state index in [1.54, 1.807) is 0 Å². The van der Waals surface area contributed by atoms with Crippen molar-refractivity contribution in [1.82, 2.24) is 14.4 Å². The van der Waals surface area contributed by atoms with Gasteiger partial charge in [-0.25, -0.2) is 8.42 Å². The second kappa shape index (κ2) is 7.13. The fraction of sp³-hybridized carbons (Fsp3) is 0.333. The van der Waals surface area contributed by atoms with Crippen molar-refractivity contribution in [3.8, 4) is 0 Å². The van der Waals surface area contributed by atoms with Crippen molar-refractivity contribution in [3.05, 3.63) is 46.8 Å². The number of halogens is 4. The lowest BCUT2D eigenvalue weighted by Crippen LogP contribution is -2.50. The normalized spacial score (nSPS) is 16.5. The zero-order chi connectivity index (χ0) is 19.8. The fourth-order valence-electron chi connectivity index (χ4n) is 2.65. The SMILES string of the molecule is O=C(c1ccon1)N1CCN(S(=O)(=O)c2ccc(Cl)c(C(F)(F)F)c2)CC1. The van der Waals surface area contributed by atoms with Crippen LogP contribution in [0.3, 0.4) is 0 Å². The minimum atomic E-state index is -4.77. The molecule has 2 heterocycles. The summed E-state index contributed by atoms with van der Waals surface area (Å²) in [5.74, 6) is -0.411. The third kappa shape index (κ3) is 3.94. The van der Waals surface area contributed by atoms with Crippen LogP contribution < -0.4 is 0 Å². The van der Waals surface area contributed by atoms with Crippen LogP contribution in [0, 0.1) is 0 Å². The summed E-state index contributed by atoms with van der Waals surface area (Å²) < 4.78 is 69.9. The molecule has 0 aliphatic carbocycles. The van der Waals surface area contributed by atoms with Crippen molar-refractivity contribution in [2.24, 2.45) is 0 Å². The standard InChI is InChI=1S/C15H13ClF3N3O4S/c16-12-2-1-10(9-11(12)15(17,18)19)27(24,25)22-6-4-21(5-7-22)14(23)13-3-8-26-20-13/h1-3,8-9H,4-7H2. The van der Waals surface area contributed by atoms with Crippen LogP contribution in [-0.2, 0) is 16.2 Å². The zero-order valence-electron chi connectivity index (χ0n) is 13.6. The maximum atomic E-state index is 13.0. The van der Waals surface area contributed by atoms with Crippen LogP contribution in [-0.4, -0.2) is 54.9 Å². The number of hydrogen-bond donors (Lipinski definition) is 0. The molecule has 0 bridgehead atoms. The molecule has 1 aliphatic rings. The van der Waals surface area contributed by atoms with Gasteiger partial charge in [0.2, 0.25) is 10.0 Å². The van der Waals surface area contributed by atoms with Crippen LogP contribution in [0.2, 0.25) is 5.02 Å². The van der Waals surface area contributed by atoms with Gasteiger partial charge in [-0.3, -0.25) is 4.79 Å². The van der Waals surface area contributed by atoms with Crippen LogP contribution in [0.15, 0.2) is 39.9 Å². The molecule has 0 unspecified atom stereocenters. The van der Waals surface area contributed by atoms with Crippen molar-refractivity contribution < 1.29 is 30.9 Å². The molecule has 1 amide bonds. The van der Waals surface area contributed by atoms with E-state index in [2.05, 4.69) is 9.68 Å². The van der Waals surface area contributed by atoms with Gasteiger partial charge in [0.25, 0.3) is 5.91 Å². The number of aromatic nitrogens is 1. The van der Waals surface area contributed by atoms with Gasteiger partial charge < -0.3 is 9.42 Å². The summed E-state index contributed by atoms with van der Waals surface area (Å²) in [5.41, 5.74) is -1.12. The molecule has 0 spiro atoms. The largest absolute Gasteiger partial charge is 0.417 e. The molecule has 0 radical (unpaired) electrons. The van der Waals surface area contributed by atoms with E-state index in [4.69, 9.17) is 11.6 Å². The smallest absolute Gasteiger partial charge is 0.364 e. The summed E-state index contributed by atoms with van der Waals surface area (Å²) in [6, 6.07) is 3.84. The van der Waals surface area contributed by atoms with Gasteiger partial charge in [-0.15, -0.1) is 0 Å². The van der Waals surface area contributed by atoms with E-state index < -0.39 is 37.6 Å². The maximum Gasteiger partial charge on any atom is 0.417 e. The highest BCUT2D eigenvalue weighted by Crippen LogP contribution is 2.36. The van der Waals surface area contributed by atoms with Crippen LogP contribution in [0.4, 0.5) is 13.2 Å². The van der Waals surface area contributed by atoms with Crippen LogP contribution in [0.25, 0.3) is 0 Å². The van der Waals surface area contributed by atoms with E-state index in [1.165, 1.54) is 17.2 Å². The molecule has 1 saturated heterocycles. The predicted octanol–water partition coefficient (Wildman–Crippen LogP) is 2.49. The third-order valence-electron chi connectivity index (χ3n) is 4.06. The number of carbonyl (C=O) groups excluding carboxylic acids is 1. The molecule has 0 N–H and O–H groups in total. The molecule has 1 aromatic heterocycles. The van der Waals surface area contributed by atoms with E-state index in [-0.39, 0.29) is 31.9 Å². The second-order valence-corrected chi connectivity index (χ2v) is 8.07. The molecular formula is C15H13ClF3N3O4S. The quantitative estimate of drug-likeness (QED) is 0.757. The third-order valence-corrected chi connectivity index (χ3v) is 6.29. The number of carbonyl (C=O) groups is 1. The van der Waals surface area contributed by atoms with Crippen molar-refractivity contribution in [2.75, 3.05) is 26.2 Å². The van der Waals surface area contributed by atoms with Gasteiger partial charge >= 0.3 is 6.18 Å². The number of alkyl halides is 3. The first-order valence-electron chi connectivity index (χ1n) is 7.67. The molecule has 146 valence electrons. The van der Waals surface area contributed by atoms with E-state index in [1.807, 2.05) is 0 Å². The summed E-state index contributed by atoms with van der Waals surface area (Å²) in [5, 5.41) is 2.95. The Balaban J connectivity index is 1.77. The highest BCUT2D eigenvalue weighted by atomic mass is 35.5. The topological polar surface area (TPSA) is 83.7 Å². The summed E-state index contributed by atoms with van der Waals surface area (Å²) in [6.07, 6.45) is -3.53. The van der Waals surface area contributed by atoms with Crippen molar-refractivity contribution in [3.63, 3.8) is 0 Å². The monoisotopic (exact) mass is 423 g/mol. The second-order valence-electron chi connectivity index (χ2n) is 5.72. The highest BCUT2D eigenvalue weighted by molar-refractivity contribution is 7.89. The van der Waals surface area contributed by atoms with Crippen molar-refractivity contribution >= 4 is 27.5 Å². The van der Waals surface area contributed by atoms with E-state index in [0.717, 1.165) is 16.4 Å². The average Bonchev–Trinajstić information content (AvgIpc) is 3.15. The lowest BCUT2D eigenvalue weighted by atomic mass is 10.2. The van der Waals surface area contributed by atoms with Gasteiger partial charge in [-0.2, -0.15) is 17.5 Å². The van der Waals surface area contributed by atoms with Gasteiger partial charge in [-0.1, -0.05) is 16.8 Å². The number of sulfonamides is 1. The van der Waals surface area contributed by atoms with E-state index in [9.17, 15) is 26.4 Å². The van der Waals surface area contributed by atoms with Crippen LogP contribution in [0.1, 0.15) is 16.1 Å². The Hall–Kier alpha value is -2.11. The maximum absolute atomic E-state index is 13.0. The molecule has 2 aromatic rings. The first-order valence-corrected chi connectivity index (χ1v) is 9.49. The lowest BCUT2D eigenvalue weighted by molar-refractivity contribution is -0.137. The number of piperazine rings is 1. The Labute approximate surface area is 157 Å². The first-order chi connectivity index (χ1) is 12.6. The van der Waals surface area contributed by atoms with Crippen molar-refractivity contribution in [1.29, 1.82) is 0 Å². The minimum Gasteiger partial charge on any atom is -0.364 e. The summed E-state index contributed by atoms with van der Waals surface area (Å²) in [6.45, 7) is 0.0289. The molecule has 1 aromatic carbocycles. The van der Waals surface area contributed by atoms with E-state index in [0.29, 0.717) is 6.07 Å². The number of rotatable bonds is 3. The molecule has 0 saturated carbocycles. The Bertz CT molecular complexity index is 940. The molecule has 1 fully saturated rings. The summed E-state index contributed by atoms with van der Waals surface area (Å²) >= 11 is 5.53. The van der Waals surface area contributed by atoms with Gasteiger partial charge in [0.15, 0.2) is 5.69 Å². The molecule has 1 aliphatic heterocycles.